The van der Waals surface area contributed by atoms with Crippen LogP contribution in [0.25, 0.3) is 0 Å². The van der Waals surface area contributed by atoms with Crippen LogP contribution < -0.4 is 5.73 Å². The van der Waals surface area contributed by atoms with E-state index < -0.39 is 0 Å². The maximum atomic E-state index is 5.78. The van der Waals surface area contributed by atoms with Crippen molar-refractivity contribution in [2.24, 2.45) is 5.73 Å². The molecule has 0 aliphatic carbocycles. The Balaban J connectivity index is 2.23. The van der Waals surface area contributed by atoms with Crippen LogP contribution in [0.2, 0.25) is 0 Å². The number of hydrogen-bond donors (Lipinski definition) is 1. The first-order valence-electron chi connectivity index (χ1n) is 4.52. The zero-order valence-corrected chi connectivity index (χ0v) is 7.68. The van der Waals surface area contributed by atoms with Crippen molar-refractivity contribution in [3.8, 4) is 0 Å². The second-order valence-electron chi connectivity index (χ2n) is 3.41. The van der Waals surface area contributed by atoms with Crippen LogP contribution >= 0.6 is 0 Å². The zero-order valence-electron chi connectivity index (χ0n) is 7.68. The molecule has 5 heteroatoms. The molecular weight excluding hydrogens is 168 g/mol. The van der Waals surface area contributed by atoms with Crippen LogP contribution in [0, 0.1) is 0 Å². The highest BCUT2D eigenvalue weighted by Crippen LogP contribution is 2.21. The van der Waals surface area contributed by atoms with Crippen LogP contribution in [0.3, 0.4) is 0 Å². The van der Waals surface area contributed by atoms with Gasteiger partial charge in [-0.1, -0.05) is 5.21 Å². The van der Waals surface area contributed by atoms with E-state index in [0.29, 0.717) is 6.04 Å². The monoisotopic (exact) mass is 182 g/mol. The van der Waals surface area contributed by atoms with Crippen molar-refractivity contribution in [2.45, 2.75) is 25.4 Å². The highest BCUT2D eigenvalue weighted by molar-refractivity contribution is 5.01. The maximum absolute atomic E-state index is 5.78. The maximum Gasteiger partial charge on any atom is 0.0796 e. The zero-order chi connectivity index (χ0) is 9.26. The molecule has 0 amide bonds. The van der Waals surface area contributed by atoms with E-state index >= 15 is 0 Å². The molecule has 1 aromatic rings. The van der Waals surface area contributed by atoms with E-state index in [-0.39, 0.29) is 6.04 Å². The standard InChI is InChI=1S/C8H14N4O/c1-6(9)8-4-10-11-12(8)7-2-3-13-5-7/h4,6-7H,2-3,5,9H2,1H3. The van der Waals surface area contributed by atoms with E-state index in [0.717, 1.165) is 25.3 Å². The predicted molar refractivity (Wildman–Crippen MR) is 47.1 cm³/mol. The first-order valence-corrected chi connectivity index (χ1v) is 4.52. The lowest BCUT2D eigenvalue weighted by Gasteiger charge is -2.13. The van der Waals surface area contributed by atoms with Gasteiger partial charge in [-0.15, -0.1) is 5.10 Å². The van der Waals surface area contributed by atoms with E-state index in [1.807, 2.05) is 11.6 Å². The van der Waals surface area contributed by atoms with Crippen LogP contribution in [0.5, 0.6) is 0 Å². The minimum absolute atomic E-state index is 0.0180. The lowest BCUT2D eigenvalue weighted by Crippen LogP contribution is -2.18. The summed E-state index contributed by atoms with van der Waals surface area (Å²) in [5.74, 6) is 0. The van der Waals surface area contributed by atoms with Gasteiger partial charge in [0.2, 0.25) is 0 Å². The Kier molecular flexibility index (Phi) is 2.28. The summed E-state index contributed by atoms with van der Waals surface area (Å²) in [6.07, 6.45) is 2.73. The molecule has 1 fully saturated rings. The smallest absolute Gasteiger partial charge is 0.0796 e. The number of ether oxygens (including phenoxy) is 1. The second kappa shape index (κ2) is 3.43. The lowest BCUT2D eigenvalue weighted by atomic mass is 10.2. The van der Waals surface area contributed by atoms with Gasteiger partial charge in [-0.3, -0.25) is 0 Å². The molecule has 0 spiro atoms. The summed E-state index contributed by atoms with van der Waals surface area (Å²) in [5, 5.41) is 7.89. The molecule has 2 rings (SSSR count). The van der Waals surface area contributed by atoms with Gasteiger partial charge in [0.1, 0.15) is 0 Å². The van der Waals surface area contributed by atoms with Crippen LogP contribution in [-0.2, 0) is 4.74 Å². The first-order chi connectivity index (χ1) is 6.29. The average Bonchev–Trinajstić information content (AvgIpc) is 2.74. The summed E-state index contributed by atoms with van der Waals surface area (Å²) in [5.41, 5.74) is 6.77. The largest absolute Gasteiger partial charge is 0.379 e. The highest BCUT2D eigenvalue weighted by Gasteiger charge is 2.21. The van der Waals surface area contributed by atoms with Crippen molar-refractivity contribution in [2.75, 3.05) is 13.2 Å². The van der Waals surface area contributed by atoms with E-state index in [4.69, 9.17) is 10.5 Å². The van der Waals surface area contributed by atoms with Crippen molar-refractivity contribution in [3.05, 3.63) is 11.9 Å². The highest BCUT2D eigenvalue weighted by atomic mass is 16.5. The summed E-state index contributed by atoms with van der Waals surface area (Å²) in [6, 6.07) is 0.305. The van der Waals surface area contributed by atoms with Crippen LogP contribution in [0.15, 0.2) is 6.20 Å². The molecule has 5 nitrogen and oxygen atoms in total. The van der Waals surface area contributed by atoms with Crippen molar-refractivity contribution < 1.29 is 4.74 Å². The normalized spacial score (nSPS) is 24.9. The molecule has 0 saturated carbocycles. The molecule has 2 atom stereocenters. The molecule has 2 N–H and O–H groups in total. The third-order valence-electron chi connectivity index (χ3n) is 2.32. The Hall–Kier alpha value is -0.940. The summed E-state index contributed by atoms with van der Waals surface area (Å²) in [6.45, 7) is 3.47. The molecule has 13 heavy (non-hydrogen) atoms. The second-order valence-corrected chi connectivity index (χ2v) is 3.41. The van der Waals surface area contributed by atoms with E-state index in [1.54, 1.807) is 6.20 Å². The molecule has 0 bridgehead atoms. The lowest BCUT2D eigenvalue weighted by molar-refractivity contribution is 0.183. The molecule has 2 unspecified atom stereocenters. The van der Waals surface area contributed by atoms with E-state index in [9.17, 15) is 0 Å². The fourth-order valence-electron chi connectivity index (χ4n) is 1.58. The van der Waals surface area contributed by atoms with Gasteiger partial charge in [0.05, 0.1) is 24.5 Å². The minimum atomic E-state index is -0.0180. The van der Waals surface area contributed by atoms with Gasteiger partial charge >= 0.3 is 0 Å². The number of rotatable bonds is 2. The quantitative estimate of drug-likeness (QED) is 0.712. The molecule has 2 heterocycles. The van der Waals surface area contributed by atoms with Gasteiger partial charge in [0.15, 0.2) is 0 Å². The predicted octanol–water partition coefficient (Wildman–Crippen LogP) is 0.259. The SMILES string of the molecule is CC(N)c1cnnn1C1CCOC1. The molecule has 1 aliphatic heterocycles. The van der Waals surface area contributed by atoms with Crippen molar-refractivity contribution in [3.63, 3.8) is 0 Å². The Labute approximate surface area is 76.9 Å². The molecule has 0 radical (unpaired) electrons. The first kappa shape index (κ1) is 8.65. The van der Waals surface area contributed by atoms with Crippen LogP contribution in [-0.4, -0.2) is 28.2 Å². The summed E-state index contributed by atoms with van der Waals surface area (Å²) in [7, 11) is 0. The van der Waals surface area contributed by atoms with Gasteiger partial charge in [-0.2, -0.15) is 0 Å². The Morgan fingerprint density at radius 3 is 3.23 bits per heavy atom. The third kappa shape index (κ3) is 1.57. The number of nitrogens with zero attached hydrogens (tertiary/aromatic N) is 3. The van der Waals surface area contributed by atoms with Gasteiger partial charge in [-0.25, -0.2) is 4.68 Å². The van der Waals surface area contributed by atoms with Crippen molar-refractivity contribution in [1.29, 1.82) is 0 Å². The molecule has 1 saturated heterocycles. The van der Waals surface area contributed by atoms with Gasteiger partial charge in [-0.05, 0) is 13.3 Å². The molecular formula is C8H14N4O. The Morgan fingerprint density at radius 1 is 1.77 bits per heavy atom. The van der Waals surface area contributed by atoms with E-state index in [2.05, 4.69) is 10.3 Å². The van der Waals surface area contributed by atoms with Gasteiger partial charge < -0.3 is 10.5 Å². The molecule has 1 aromatic heterocycles. The minimum Gasteiger partial charge on any atom is -0.379 e. The molecule has 72 valence electrons. The number of nitrogens with two attached hydrogens (primary N) is 1. The van der Waals surface area contributed by atoms with Crippen LogP contribution in [0.4, 0.5) is 0 Å². The summed E-state index contributed by atoms with van der Waals surface area (Å²) in [4.78, 5) is 0. The van der Waals surface area contributed by atoms with Gasteiger partial charge in [0.25, 0.3) is 0 Å². The summed E-state index contributed by atoms with van der Waals surface area (Å²) < 4.78 is 7.17. The van der Waals surface area contributed by atoms with Gasteiger partial charge in [0, 0.05) is 12.6 Å². The van der Waals surface area contributed by atoms with Crippen molar-refractivity contribution >= 4 is 0 Å². The number of hydrogen-bond acceptors (Lipinski definition) is 4. The Morgan fingerprint density at radius 2 is 2.62 bits per heavy atom. The molecule has 0 aromatic carbocycles. The van der Waals surface area contributed by atoms with Crippen molar-refractivity contribution in [1.82, 2.24) is 15.0 Å². The fourth-order valence-corrected chi connectivity index (χ4v) is 1.58. The van der Waals surface area contributed by atoms with E-state index in [1.165, 1.54) is 0 Å². The Bertz CT molecular complexity index is 277. The van der Waals surface area contributed by atoms with Crippen LogP contribution in [0.1, 0.15) is 31.1 Å². The number of aromatic nitrogens is 3. The topological polar surface area (TPSA) is 66.0 Å². The molecule has 1 aliphatic rings. The summed E-state index contributed by atoms with van der Waals surface area (Å²) >= 11 is 0. The average molecular weight is 182 g/mol. The fraction of sp³-hybridized carbons (Fsp3) is 0.750. The third-order valence-corrected chi connectivity index (χ3v) is 2.32.